The normalized spacial score (nSPS) is 9.87. The molecule has 0 atom stereocenters. The minimum Gasteiger partial charge on any atom is -0.366 e. The Balaban J connectivity index is 2.46. The van der Waals surface area contributed by atoms with E-state index in [1.807, 2.05) is 36.4 Å². The van der Waals surface area contributed by atoms with E-state index in [0.717, 1.165) is 11.1 Å². The number of hydrogen-bond donors (Lipinski definition) is 1. The third-order valence-electron chi connectivity index (χ3n) is 2.20. The van der Waals surface area contributed by atoms with Crippen molar-refractivity contribution in [1.82, 2.24) is 0 Å². The molecule has 0 bridgehead atoms. The van der Waals surface area contributed by atoms with Gasteiger partial charge in [0.05, 0.1) is 0 Å². The summed E-state index contributed by atoms with van der Waals surface area (Å²) in [5.74, 6) is -0.403. The minimum absolute atomic E-state index is 0.403. The Labute approximate surface area is 88.4 Å². The lowest BCUT2D eigenvalue weighted by molar-refractivity contribution is 0.100. The first kappa shape index (κ1) is 9.46. The van der Waals surface area contributed by atoms with Crippen molar-refractivity contribution in [3.63, 3.8) is 0 Å². The van der Waals surface area contributed by atoms with E-state index in [9.17, 15) is 4.79 Å². The molecule has 0 aliphatic carbocycles. The van der Waals surface area contributed by atoms with Gasteiger partial charge in [0.1, 0.15) is 0 Å². The second-order valence-corrected chi connectivity index (χ2v) is 3.23. The van der Waals surface area contributed by atoms with Gasteiger partial charge in [-0.2, -0.15) is 0 Å². The summed E-state index contributed by atoms with van der Waals surface area (Å²) in [5.41, 5.74) is 7.78. The van der Waals surface area contributed by atoms with Gasteiger partial charge in [0, 0.05) is 5.56 Å². The van der Waals surface area contributed by atoms with Gasteiger partial charge in [-0.3, -0.25) is 4.79 Å². The van der Waals surface area contributed by atoms with Crippen molar-refractivity contribution in [2.45, 2.75) is 0 Å². The van der Waals surface area contributed by atoms with Gasteiger partial charge >= 0.3 is 0 Å². The minimum atomic E-state index is -0.403. The molecule has 0 aliphatic rings. The largest absolute Gasteiger partial charge is 0.366 e. The Hall–Kier alpha value is -2.09. The summed E-state index contributed by atoms with van der Waals surface area (Å²) in [5, 5.41) is 0. The van der Waals surface area contributed by atoms with E-state index in [-0.39, 0.29) is 0 Å². The van der Waals surface area contributed by atoms with Crippen LogP contribution < -0.4 is 5.73 Å². The lowest BCUT2D eigenvalue weighted by Gasteiger charge is -2.02. The second-order valence-electron chi connectivity index (χ2n) is 3.23. The van der Waals surface area contributed by atoms with Gasteiger partial charge in [0.2, 0.25) is 5.91 Å². The fraction of sp³-hybridized carbons (Fsp3) is 0. The molecular formula is C13H10NO. The molecule has 0 aliphatic heterocycles. The maximum absolute atomic E-state index is 11.0. The van der Waals surface area contributed by atoms with E-state index < -0.39 is 5.91 Å². The average Bonchev–Trinajstić information content (AvgIpc) is 2.30. The first-order valence-electron chi connectivity index (χ1n) is 4.64. The van der Waals surface area contributed by atoms with Crippen LogP contribution in [0.4, 0.5) is 0 Å². The average molecular weight is 196 g/mol. The SMILES string of the molecule is NC(=O)c1cccc(-c2cc[c]cc2)c1. The van der Waals surface area contributed by atoms with Crippen LogP contribution in [0.2, 0.25) is 0 Å². The van der Waals surface area contributed by atoms with Gasteiger partial charge < -0.3 is 5.73 Å². The number of benzene rings is 2. The van der Waals surface area contributed by atoms with Gasteiger partial charge in [-0.15, -0.1) is 0 Å². The van der Waals surface area contributed by atoms with Crippen molar-refractivity contribution < 1.29 is 4.79 Å². The Morgan fingerprint density at radius 1 is 1.07 bits per heavy atom. The smallest absolute Gasteiger partial charge is 0.248 e. The molecule has 0 heterocycles. The molecule has 2 heteroatoms. The van der Waals surface area contributed by atoms with Gasteiger partial charge in [0.15, 0.2) is 0 Å². The fourth-order valence-corrected chi connectivity index (χ4v) is 1.43. The number of primary amides is 1. The van der Waals surface area contributed by atoms with Crippen LogP contribution in [-0.4, -0.2) is 5.91 Å². The van der Waals surface area contributed by atoms with Gasteiger partial charge in [-0.1, -0.05) is 36.4 Å². The quantitative estimate of drug-likeness (QED) is 0.786. The molecule has 73 valence electrons. The highest BCUT2D eigenvalue weighted by Crippen LogP contribution is 2.19. The van der Waals surface area contributed by atoms with Crippen LogP contribution in [-0.2, 0) is 0 Å². The highest BCUT2D eigenvalue weighted by atomic mass is 16.1. The highest BCUT2D eigenvalue weighted by Gasteiger charge is 2.02. The lowest BCUT2D eigenvalue weighted by atomic mass is 10.0. The number of hydrogen-bond acceptors (Lipinski definition) is 1. The second kappa shape index (κ2) is 3.96. The Morgan fingerprint density at radius 2 is 1.80 bits per heavy atom. The van der Waals surface area contributed by atoms with Crippen LogP contribution in [0.25, 0.3) is 11.1 Å². The molecule has 0 spiro atoms. The zero-order valence-corrected chi connectivity index (χ0v) is 8.10. The van der Waals surface area contributed by atoms with Gasteiger partial charge in [-0.05, 0) is 29.3 Å². The molecule has 1 amide bonds. The first-order valence-corrected chi connectivity index (χ1v) is 4.64. The molecule has 0 saturated heterocycles. The predicted molar refractivity (Wildman–Crippen MR) is 59.2 cm³/mol. The van der Waals surface area contributed by atoms with Crippen LogP contribution in [0.15, 0.2) is 48.5 Å². The molecule has 2 aromatic carbocycles. The van der Waals surface area contributed by atoms with Crippen molar-refractivity contribution in [3.05, 3.63) is 60.2 Å². The third-order valence-corrected chi connectivity index (χ3v) is 2.20. The monoisotopic (exact) mass is 196 g/mol. The first-order chi connectivity index (χ1) is 7.27. The summed E-state index contributed by atoms with van der Waals surface area (Å²) in [7, 11) is 0. The van der Waals surface area contributed by atoms with Gasteiger partial charge in [0.25, 0.3) is 0 Å². The van der Waals surface area contributed by atoms with E-state index >= 15 is 0 Å². The third kappa shape index (κ3) is 2.05. The molecule has 0 aromatic heterocycles. The van der Waals surface area contributed by atoms with Crippen molar-refractivity contribution in [2.75, 3.05) is 0 Å². The standard InChI is InChI=1S/C13H10NO/c14-13(15)12-8-4-7-11(9-12)10-5-2-1-3-6-10/h2-9H,(H2,14,15). The topological polar surface area (TPSA) is 43.1 Å². The molecule has 2 aromatic rings. The van der Waals surface area contributed by atoms with Crippen LogP contribution in [0.5, 0.6) is 0 Å². The molecule has 2 rings (SSSR count). The molecule has 15 heavy (non-hydrogen) atoms. The summed E-state index contributed by atoms with van der Waals surface area (Å²) in [6.07, 6.45) is 0. The molecule has 2 N–H and O–H groups in total. The summed E-state index contributed by atoms with van der Waals surface area (Å²) in [4.78, 5) is 11.0. The summed E-state index contributed by atoms with van der Waals surface area (Å²) in [6, 6.07) is 17.8. The van der Waals surface area contributed by atoms with E-state index in [0.29, 0.717) is 5.56 Å². The summed E-state index contributed by atoms with van der Waals surface area (Å²) in [6.45, 7) is 0. The van der Waals surface area contributed by atoms with Crippen LogP contribution in [0.3, 0.4) is 0 Å². The van der Waals surface area contributed by atoms with Gasteiger partial charge in [-0.25, -0.2) is 0 Å². The van der Waals surface area contributed by atoms with Crippen LogP contribution in [0, 0.1) is 6.07 Å². The van der Waals surface area contributed by atoms with E-state index in [2.05, 4.69) is 6.07 Å². The number of nitrogens with two attached hydrogens (primary N) is 1. The zero-order chi connectivity index (χ0) is 10.7. The maximum Gasteiger partial charge on any atom is 0.248 e. The number of rotatable bonds is 2. The van der Waals surface area contributed by atoms with E-state index in [4.69, 9.17) is 5.73 Å². The van der Waals surface area contributed by atoms with Crippen molar-refractivity contribution >= 4 is 5.91 Å². The molecule has 0 fully saturated rings. The summed E-state index contributed by atoms with van der Waals surface area (Å²) >= 11 is 0. The lowest BCUT2D eigenvalue weighted by Crippen LogP contribution is -2.10. The highest BCUT2D eigenvalue weighted by molar-refractivity contribution is 5.94. The van der Waals surface area contributed by atoms with E-state index in [1.54, 1.807) is 12.1 Å². The zero-order valence-electron chi connectivity index (χ0n) is 8.10. The molecule has 0 unspecified atom stereocenters. The Kier molecular flexibility index (Phi) is 2.50. The van der Waals surface area contributed by atoms with Crippen LogP contribution >= 0.6 is 0 Å². The van der Waals surface area contributed by atoms with E-state index in [1.165, 1.54) is 0 Å². The predicted octanol–water partition coefficient (Wildman–Crippen LogP) is 2.25. The molecule has 2 nitrogen and oxygen atoms in total. The fourth-order valence-electron chi connectivity index (χ4n) is 1.43. The number of carbonyl (C=O) groups is 1. The number of amides is 1. The van der Waals surface area contributed by atoms with Crippen molar-refractivity contribution in [2.24, 2.45) is 5.73 Å². The summed E-state index contributed by atoms with van der Waals surface area (Å²) < 4.78 is 0. The molecule has 1 radical (unpaired) electrons. The molecular weight excluding hydrogens is 186 g/mol. The molecule has 0 saturated carbocycles. The Morgan fingerprint density at radius 3 is 2.47 bits per heavy atom. The number of carbonyl (C=O) groups excluding carboxylic acids is 1. The Bertz CT molecular complexity index is 477. The maximum atomic E-state index is 11.0. The van der Waals surface area contributed by atoms with Crippen LogP contribution in [0.1, 0.15) is 10.4 Å². The van der Waals surface area contributed by atoms with Crippen molar-refractivity contribution in [3.8, 4) is 11.1 Å². The van der Waals surface area contributed by atoms with Crippen molar-refractivity contribution in [1.29, 1.82) is 0 Å².